The lowest BCUT2D eigenvalue weighted by Crippen LogP contribution is -2.34. The number of nitrogens with one attached hydrogen (secondary N) is 1. The molecule has 4 heteroatoms. The molecule has 44 valence electrons. The molecule has 1 fully saturated rings. The molecule has 0 radical (unpaired) electrons. The molecule has 0 atom stereocenters. The Morgan fingerprint density at radius 2 is 2.38 bits per heavy atom. The summed E-state index contributed by atoms with van der Waals surface area (Å²) in [6, 6.07) is 0. The average molecular weight is 114 g/mol. The lowest BCUT2D eigenvalue weighted by molar-refractivity contribution is -0.403. The standard InChI is InChI=1S/C4H6N2O2/c7-6(8)3-4-1-5-2-4/h3,5H,1-2H2. The van der Waals surface area contributed by atoms with E-state index in [0.717, 1.165) is 11.8 Å². The molecule has 1 aliphatic heterocycles. The maximum absolute atomic E-state index is 9.70. The molecule has 1 aliphatic rings. The fourth-order valence-corrected chi connectivity index (χ4v) is 0.510. The molecule has 1 saturated heterocycles. The summed E-state index contributed by atoms with van der Waals surface area (Å²) in [7, 11) is 0. The summed E-state index contributed by atoms with van der Waals surface area (Å²) in [6.45, 7) is 1.36. The Labute approximate surface area is 46.3 Å². The van der Waals surface area contributed by atoms with Crippen LogP contribution in [-0.2, 0) is 0 Å². The van der Waals surface area contributed by atoms with Crippen molar-refractivity contribution in [1.29, 1.82) is 0 Å². The molecule has 0 bridgehead atoms. The van der Waals surface area contributed by atoms with Crippen molar-refractivity contribution in [3.05, 3.63) is 21.9 Å². The Balaban J connectivity index is 2.42. The minimum absolute atomic E-state index is 0.420. The van der Waals surface area contributed by atoms with Gasteiger partial charge < -0.3 is 5.32 Å². The highest BCUT2D eigenvalue weighted by atomic mass is 16.6. The van der Waals surface area contributed by atoms with Crippen molar-refractivity contribution in [3.63, 3.8) is 0 Å². The summed E-state index contributed by atoms with van der Waals surface area (Å²) in [5, 5.41) is 12.6. The van der Waals surface area contributed by atoms with Gasteiger partial charge in [0.05, 0.1) is 4.92 Å². The van der Waals surface area contributed by atoms with Crippen LogP contribution < -0.4 is 5.32 Å². The molecular weight excluding hydrogens is 108 g/mol. The van der Waals surface area contributed by atoms with Crippen LogP contribution in [0.15, 0.2) is 11.8 Å². The Hall–Kier alpha value is -0.900. The monoisotopic (exact) mass is 114 g/mol. The van der Waals surface area contributed by atoms with Crippen molar-refractivity contribution in [2.45, 2.75) is 0 Å². The van der Waals surface area contributed by atoms with Crippen molar-refractivity contribution in [2.75, 3.05) is 13.1 Å². The summed E-state index contributed by atoms with van der Waals surface area (Å²) in [6.07, 6.45) is 1.05. The van der Waals surface area contributed by atoms with E-state index in [1.54, 1.807) is 0 Å². The predicted octanol–water partition coefficient (Wildman–Crippen LogP) is -0.250. The highest BCUT2D eigenvalue weighted by Gasteiger charge is 2.09. The van der Waals surface area contributed by atoms with Gasteiger partial charge in [-0.05, 0) is 0 Å². The molecule has 0 amide bonds. The average Bonchev–Trinajstić information content (AvgIpc) is 1.55. The van der Waals surface area contributed by atoms with Crippen LogP contribution in [0.5, 0.6) is 0 Å². The van der Waals surface area contributed by atoms with Gasteiger partial charge in [-0.3, -0.25) is 10.1 Å². The third-order valence-corrected chi connectivity index (χ3v) is 0.992. The van der Waals surface area contributed by atoms with Gasteiger partial charge in [-0.25, -0.2) is 0 Å². The van der Waals surface area contributed by atoms with Crippen LogP contribution in [-0.4, -0.2) is 18.0 Å². The molecule has 0 spiro atoms. The third kappa shape index (κ3) is 1.04. The third-order valence-electron chi connectivity index (χ3n) is 0.992. The van der Waals surface area contributed by atoms with E-state index in [1.165, 1.54) is 0 Å². The van der Waals surface area contributed by atoms with Gasteiger partial charge >= 0.3 is 0 Å². The zero-order valence-corrected chi connectivity index (χ0v) is 4.26. The molecule has 8 heavy (non-hydrogen) atoms. The maximum atomic E-state index is 9.70. The maximum Gasteiger partial charge on any atom is 0.236 e. The quantitative estimate of drug-likeness (QED) is 0.377. The summed E-state index contributed by atoms with van der Waals surface area (Å²) in [5.74, 6) is 0. The number of rotatable bonds is 1. The van der Waals surface area contributed by atoms with Crippen molar-refractivity contribution in [3.8, 4) is 0 Å². The molecule has 1 rings (SSSR count). The van der Waals surface area contributed by atoms with E-state index in [9.17, 15) is 10.1 Å². The van der Waals surface area contributed by atoms with E-state index in [-0.39, 0.29) is 0 Å². The number of hydrogen-bond donors (Lipinski definition) is 1. The fraction of sp³-hybridized carbons (Fsp3) is 0.500. The van der Waals surface area contributed by atoms with Crippen molar-refractivity contribution in [1.82, 2.24) is 5.32 Å². The first-order chi connectivity index (χ1) is 3.79. The van der Waals surface area contributed by atoms with Crippen LogP contribution in [0.1, 0.15) is 0 Å². The minimum atomic E-state index is -0.420. The van der Waals surface area contributed by atoms with Gasteiger partial charge in [0, 0.05) is 18.7 Å². The summed E-state index contributed by atoms with van der Waals surface area (Å²) < 4.78 is 0. The van der Waals surface area contributed by atoms with Crippen LogP contribution in [0, 0.1) is 10.1 Å². The number of nitrogens with zero attached hydrogens (tertiary/aromatic N) is 1. The fourth-order valence-electron chi connectivity index (χ4n) is 0.510. The van der Waals surface area contributed by atoms with E-state index >= 15 is 0 Å². The lowest BCUT2D eigenvalue weighted by Gasteiger charge is -2.14. The second-order valence-corrected chi connectivity index (χ2v) is 1.68. The summed E-state index contributed by atoms with van der Waals surface area (Å²) >= 11 is 0. The number of hydrogen-bond acceptors (Lipinski definition) is 3. The molecule has 1 N–H and O–H groups in total. The van der Waals surface area contributed by atoms with Gasteiger partial charge in [0.1, 0.15) is 0 Å². The van der Waals surface area contributed by atoms with E-state index in [2.05, 4.69) is 5.32 Å². The highest BCUT2D eigenvalue weighted by Crippen LogP contribution is 1.98. The Bertz CT molecular complexity index is 135. The van der Waals surface area contributed by atoms with Crippen LogP contribution in [0.4, 0.5) is 0 Å². The van der Waals surface area contributed by atoms with E-state index in [4.69, 9.17) is 0 Å². The second-order valence-electron chi connectivity index (χ2n) is 1.68. The number of nitro groups is 1. The van der Waals surface area contributed by atoms with Gasteiger partial charge in [-0.2, -0.15) is 0 Å². The largest absolute Gasteiger partial charge is 0.309 e. The Kier molecular flexibility index (Phi) is 1.26. The Morgan fingerprint density at radius 3 is 2.50 bits per heavy atom. The van der Waals surface area contributed by atoms with Gasteiger partial charge in [-0.15, -0.1) is 0 Å². The van der Waals surface area contributed by atoms with E-state index < -0.39 is 4.92 Å². The first-order valence-corrected chi connectivity index (χ1v) is 2.33. The van der Waals surface area contributed by atoms with Gasteiger partial charge in [0.2, 0.25) is 6.20 Å². The van der Waals surface area contributed by atoms with Gasteiger partial charge in [-0.1, -0.05) is 0 Å². The van der Waals surface area contributed by atoms with Crippen LogP contribution in [0.2, 0.25) is 0 Å². The molecule has 4 nitrogen and oxygen atoms in total. The van der Waals surface area contributed by atoms with Crippen LogP contribution in [0.3, 0.4) is 0 Å². The molecule has 0 aromatic heterocycles. The van der Waals surface area contributed by atoms with Crippen molar-refractivity contribution < 1.29 is 4.92 Å². The zero-order valence-electron chi connectivity index (χ0n) is 4.26. The van der Waals surface area contributed by atoms with Gasteiger partial charge in [0.15, 0.2) is 0 Å². The molecule has 0 aromatic rings. The first kappa shape index (κ1) is 5.24. The predicted molar refractivity (Wildman–Crippen MR) is 27.9 cm³/mol. The first-order valence-electron chi connectivity index (χ1n) is 2.33. The molecule has 1 heterocycles. The Morgan fingerprint density at radius 1 is 1.75 bits per heavy atom. The highest BCUT2D eigenvalue weighted by molar-refractivity contribution is 5.10. The van der Waals surface area contributed by atoms with Crippen LogP contribution in [0.25, 0.3) is 0 Å². The van der Waals surface area contributed by atoms with E-state index in [0.29, 0.717) is 13.1 Å². The minimum Gasteiger partial charge on any atom is -0.309 e. The lowest BCUT2D eigenvalue weighted by atomic mass is 10.2. The van der Waals surface area contributed by atoms with Crippen molar-refractivity contribution in [2.24, 2.45) is 0 Å². The topological polar surface area (TPSA) is 55.2 Å². The van der Waals surface area contributed by atoms with Crippen LogP contribution >= 0.6 is 0 Å². The SMILES string of the molecule is O=[N+]([O-])C=C1CNC1. The smallest absolute Gasteiger partial charge is 0.236 e. The van der Waals surface area contributed by atoms with Crippen molar-refractivity contribution >= 4 is 0 Å². The molecule has 0 unspecified atom stereocenters. The van der Waals surface area contributed by atoms with E-state index in [1.807, 2.05) is 0 Å². The van der Waals surface area contributed by atoms with Gasteiger partial charge in [0.25, 0.3) is 0 Å². The molecule has 0 aromatic carbocycles. The second kappa shape index (κ2) is 1.92. The zero-order chi connectivity index (χ0) is 5.98. The normalized spacial score (nSPS) is 17.2. The molecule has 0 aliphatic carbocycles. The summed E-state index contributed by atoms with van der Waals surface area (Å²) in [4.78, 5) is 9.28. The molecular formula is C4H6N2O2. The summed E-state index contributed by atoms with van der Waals surface area (Å²) in [5.41, 5.74) is 0.870. The molecule has 0 saturated carbocycles.